The molecule has 0 N–H and O–H groups in total. The predicted molar refractivity (Wildman–Crippen MR) is 99.1 cm³/mol. The molecule has 0 amide bonds. The molecular weight excluding hydrogens is 409 g/mol. The average molecular weight is 423 g/mol. The summed E-state index contributed by atoms with van der Waals surface area (Å²) in [4.78, 5) is 11.7. The summed E-state index contributed by atoms with van der Waals surface area (Å²) in [7, 11) is -4.18. The van der Waals surface area contributed by atoms with Gasteiger partial charge >= 0.3 is 5.97 Å². The van der Waals surface area contributed by atoms with Crippen molar-refractivity contribution in [2.24, 2.45) is 0 Å². The number of rotatable bonds is 6. The molecule has 25 heavy (non-hydrogen) atoms. The summed E-state index contributed by atoms with van der Waals surface area (Å²) >= 11 is 17.9. The Morgan fingerprint density at radius 2 is 1.76 bits per heavy atom. The Labute approximate surface area is 161 Å². The van der Waals surface area contributed by atoms with Crippen LogP contribution in [0.4, 0.5) is 5.69 Å². The maximum absolute atomic E-state index is 13.1. The molecule has 0 saturated carbocycles. The number of nitrogens with zero attached hydrogens (tertiary/aromatic N) is 1. The van der Waals surface area contributed by atoms with Gasteiger partial charge in [0.15, 0.2) is 0 Å². The smallest absolute Gasteiger partial charge is 0.326 e. The number of esters is 1. The molecule has 0 aromatic heterocycles. The van der Waals surface area contributed by atoms with Gasteiger partial charge in [-0.15, -0.1) is 0 Å². The SMILES string of the molecule is CCOC(=O)CN(c1cccc(Cl)c1)S(=O)(=O)c1cc(Cl)ccc1Cl. The summed E-state index contributed by atoms with van der Waals surface area (Å²) in [5.74, 6) is -0.704. The molecule has 2 rings (SSSR count). The maximum atomic E-state index is 13.1. The second-order valence-electron chi connectivity index (χ2n) is 4.87. The number of carbonyl (C=O) groups excluding carboxylic acids is 1. The third-order valence-electron chi connectivity index (χ3n) is 3.14. The highest BCUT2D eigenvalue weighted by Gasteiger charge is 2.30. The molecule has 2 aromatic carbocycles. The van der Waals surface area contributed by atoms with E-state index < -0.39 is 22.5 Å². The van der Waals surface area contributed by atoms with Crippen LogP contribution in [0.5, 0.6) is 0 Å². The van der Waals surface area contributed by atoms with E-state index in [4.69, 9.17) is 39.5 Å². The normalized spacial score (nSPS) is 11.2. The van der Waals surface area contributed by atoms with Crippen molar-refractivity contribution in [1.82, 2.24) is 0 Å². The number of benzene rings is 2. The van der Waals surface area contributed by atoms with Crippen LogP contribution in [0, 0.1) is 0 Å². The van der Waals surface area contributed by atoms with E-state index in [1.54, 1.807) is 19.1 Å². The lowest BCUT2D eigenvalue weighted by atomic mass is 10.3. The zero-order chi connectivity index (χ0) is 18.6. The molecular formula is C16H14Cl3NO4S. The van der Waals surface area contributed by atoms with Crippen LogP contribution in [0.2, 0.25) is 15.1 Å². The molecule has 0 fully saturated rings. The van der Waals surface area contributed by atoms with Crippen LogP contribution in [0.25, 0.3) is 0 Å². The maximum Gasteiger partial charge on any atom is 0.326 e. The molecule has 9 heteroatoms. The largest absolute Gasteiger partial charge is 0.465 e. The minimum absolute atomic E-state index is 0.0136. The van der Waals surface area contributed by atoms with Gasteiger partial charge < -0.3 is 4.74 Å². The van der Waals surface area contributed by atoms with Crippen molar-refractivity contribution < 1.29 is 17.9 Å². The van der Waals surface area contributed by atoms with Crippen molar-refractivity contribution in [3.8, 4) is 0 Å². The van der Waals surface area contributed by atoms with Gasteiger partial charge in [0, 0.05) is 10.0 Å². The second kappa shape index (κ2) is 8.27. The van der Waals surface area contributed by atoms with Gasteiger partial charge in [0.2, 0.25) is 0 Å². The quantitative estimate of drug-likeness (QED) is 0.647. The zero-order valence-corrected chi connectivity index (χ0v) is 16.2. The van der Waals surface area contributed by atoms with Crippen LogP contribution in [0.3, 0.4) is 0 Å². The number of ether oxygens (including phenoxy) is 1. The fourth-order valence-electron chi connectivity index (χ4n) is 2.06. The minimum atomic E-state index is -4.18. The second-order valence-corrected chi connectivity index (χ2v) is 7.98. The Bertz CT molecular complexity index is 887. The first-order valence-electron chi connectivity index (χ1n) is 7.14. The molecule has 0 radical (unpaired) electrons. The molecule has 0 aliphatic rings. The number of halogens is 3. The van der Waals surface area contributed by atoms with Gasteiger partial charge in [-0.3, -0.25) is 9.10 Å². The van der Waals surface area contributed by atoms with Gasteiger partial charge in [0.25, 0.3) is 10.0 Å². The molecule has 0 aliphatic carbocycles. The standard InChI is InChI=1S/C16H14Cl3NO4S/c1-2-24-16(21)10-20(13-5-3-4-11(17)8-13)25(22,23)15-9-12(18)6-7-14(15)19/h3-9H,2,10H2,1H3. The Hall–Kier alpha value is -1.47. The molecule has 0 unspecified atom stereocenters. The number of sulfonamides is 1. The summed E-state index contributed by atoms with van der Waals surface area (Å²) in [6.07, 6.45) is 0. The van der Waals surface area contributed by atoms with Gasteiger partial charge in [0.1, 0.15) is 11.4 Å². The van der Waals surface area contributed by atoms with Crippen LogP contribution in [-0.4, -0.2) is 27.5 Å². The van der Waals surface area contributed by atoms with Crippen LogP contribution in [-0.2, 0) is 19.6 Å². The highest BCUT2D eigenvalue weighted by atomic mass is 35.5. The highest BCUT2D eigenvalue weighted by Crippen LogP contribution is 2.31. The van der Waals surface area contributed by atoms with E-state index in [0.717, 1.165) is 4.31 Å². The summed E-state index contributed by atoms with van der Waals surface area (Å²) in [5.41, 5.74) is 0.205. The molecule has 134 valence electrons. The van der Waals surface area contributed by atoms with Gasteiger partial charge in [-0.2, -0.15) is 0 Å². The third kappa shape index (κ3) is 4.79. The lowest BCUT2D eigenvalue weighted by Crippen LogP contribution is -2.36. The van der Waals surface area contributed by atoms with Crippen molar-refractivity contribution in [2.45, 2.75) is 11.8 Å². The highest BCUT2D eigenvalue weighted by molar-refractivity contribution is 7.93. The van der Waals surface area contributed by atoms with Gasteiger partial charge in [-0.25, -0.2) is 8.42 Å². The van der Waals surface area contributed by atoms with E-state index in [1.807, 2.05) is 0 Å². The summed E-state index contributed by atoms with van der Waals surface area (Å²) < 4.78 is 31.9. The molecule has 5 nitrogen and oxygen atoms in total. The van der Waals surface area contributed by atoms with Gasteiger partial charge in [0.05, 0.1) is 17.3 Å². The third-order valence-corrected chi connectivity index (χ3v) is 5.86. The fourth-order valence-corrected chi connectivity index (χ4v) is 4.39. The fraction of sp³-hybridized carbons (Fsp3) is 0.188. The minimum Gasteiger partial charge on any atom is -0.465 e. The van der Waals surface area contributed by atoms with E-state index in [2.05, 4.69) is 0 Å². The molecule has 0 atom stereocenters. The van der Waals surface area contributed by atoms with Gasteiger partial charge in [-0.05, 0) is 43.3 Å². The van der Waals surface area contributed by atoms with Crippen molar-refractivity contribution in [3.05, 3.63) is 57.5 Å². The van der Waals surface area contributed by atoms with E-state index in [1.165, 1.54) is 30.3 Å². The van der Waals surface area contributed by atoms with E-state index in [9.17, 15) is 13.2 Å². The number of carbonyl (C=O) groups is 1. The number of anilines is 1. The molecule has 2 aromatic rings. The lowest BCUT2D eigenvalue weighted by molar-refractivity contribution is -0.141. The zero-order valence-electron chi connectivity index (χ0n) is 13.1. The topological polar surface area (TPSA) is 63.7 Å². The predicted octanol–water partition coefficient (Wildman–Crippen LogP) is 4.41. The lowest BCUT2D eigenvalue weighted by Gasteiger charge is -2.24. The first-order valence-corrected chi connectivity index (χ1v) is 9.72. The molecule has 0 spiro atoms. The molecule has 0 heterocycles. The molecule has 0 bridgehead atoms. The van der Waals surface area contributed by atoms with Crippen LogP contribution >= 0.6 is 34.8 Å². The summed E-state index contributed by atoms with van der Waals surface area (Å²) in [5, 5.41) is 0.504. The Balaban J connectivity index is 2.57. The van der Waals surface area contributed by atoms with Crippen molar-refractivity contribution in [3.63, 3.8) is 0 Å². The number of hydrogen-bond donors (Lipinski definition) is 0. The molecule has 0 aliphatic heterocycles. The van der Waals surface area contributed by atoms with Crippen molar-refractivity contribution >= 4 is 56.5 Å². The van der Waals surface area contributed by atoms with Crippen LogP contribution in [0.1, 0.15) is 6.92 Å². The van der Waals surface area contributed by atoms with E-state index >= 15 is 0 Å². The monoisotopic (exact) mass is 421 g/mol. The van der Waals surface area contributed by atoms with E-state index in [0.29, 0.717) is 5.02 Å². The summed E-state index contributed by atoms with van der Waals surface area (Å²) in [6.45, 7) is 1.23. The Morgan fingerprint density at radius 3 is 2.40 bits per heavy atom. The Morgan fingerprint density at radius 1 is 1.08 bits per heavy atom. The first-order chi connectivity index (χ1) is 11.8. The van der Waals surface area contributed by atoms with E-state index in [-0.39, 0.29) is 27.2 Å². The van der Waals surface area contributed by atoms with Crippen LogP contribution < -0.4 is 4.31 Å². The Kier molecular flexibility index (Phi) is 6.57. The average Bonchev–Trinajstić information content (AvgIpc) is 2.55. The first kappa shape index (κ1) is 19.8. The molecule has 0 saturated heterocycles. The van der Waals surface area contributed by atoms with Crippen molar-refractivity contribution in [2.75, 3.05) is 17.5 Å². The van der Waals surface area contributed by atoms with Gasteiger partial charge in [-0.1, -0.05) is 40.9 Å². The summed E-state index contributed by atoms with van der Waals surface area (Å²) in [6, 6.07) is 10.2. The number of hydrogen-bond acceptors (Lipinski definition) is 4. The van der Waals surface area contributed by atoms with Crippen LogP contribution in [0.15, 0.2) is 47.4 Å². The van der Waals surface area contributed by atoms with Crippen molar-refractivity contribution in [1.29, 1.82) is 0 Å².